The zero-order valence-corrected chi connectivity index (χ0v) is 19.3. The molecule has 2 aliphatic heterocycles. The lowest BCUT2D eigenvalue weighted by molar-refractivity contribution is -0.929. The Morgan fingerprint density at radius 3 is 2.55 bits per heavy atom. The van der Waals surface area contributed by atoms with Gasteiger partial charge in [0.05, 0.1) is 43.9 Å². The molecular weight excluding hydrogens is 435 g/mol. The van der Waals surface area contributed by atoms with Gasteiger partial charge < -0.3 is 19.3 Å². The van der Waals surface area contributed by atoms with Crippen LogP contribution >= 0.6 is 23.2 Å². The number of hydrogen-bond donors (Lipinski definition) is 1. The van der Waals surface area contributed by atoms with Crippen LogP contribution in [-0.4, -0.2) is 50.3 Å². The number of anilines is 1. The minimum absolute atomic E-state index is 0.171. The van der Waals surface area contributed by atoms with Crippen LogP contribution in [0.2, 0.25) is 10.0 Å². The summed E-state index contributed by atoms with van der Waals surface area (Å²) in [6.45, 7) is 2.80. The molecular formula is C24H27Cl2N2O3+. The Morgan fingerprint density at radius 1 is 1.13 bits per heavy atom. The van der Waals surface area contributed by atoms with Crippen molar-refractivity contribution in [3.63, 3.8) is 0 Å². The van der Waals surface area contributed by atoms with Crippen LogP contribution in [0.5, 0.6) is 5.75 Å². The molecule has 164 valence electrons. The van der Waals surface area contributed by atoms with Gasteiger partial charge in [0.1, 0.15) is 18.9 Å². The number of nitrogens with zero attached hydrogens (tertiary/aromatic N) is 1. The van der Waals surface area contributed by atoms with Crippen molar-refractivity contribution in [2.75, 3.05) is 39.2 Å². The fourth-order valence-electron chi connectivity index (χ4n) is 4.21. The van der Waals surface area contributed by atoms with Crippen molar-refractivity contribution in [2.24, 2.45) is 0 Å². The van der Waals surface area contributed by atoms with Crippen LogP contribution < -0.4 is 10.1 Å². The van der Waals surface area contributed by atoms with Gasteiger partial charge in [-0.15, -0.1) is 0 Å². The lowest BCUT2D eigenvalue weighted by Crippen LogP contribution is -2.50. The van der Waals surface area contributed by atoms with E-state index in [0.29, 0.717) is 33.0 Å². The number of halogens is 2. The summed E-state index contributed by atoms with van der Waals surface area (Å²) < 4.78 is 12.1. The molecule has 0 aromatic heterocycles. The minimum Gasteiger partial charge on any atom is -0.488 e. The summed E-state index contributed by atoms with van der Waals surface area (Å²) in [5.74, 6) is 0.381. The number of carbonyl (C=O) groups excluding carboxylic acids is 1. The first kappa shape index (κ1) is 22.2. The lowest BCUT2D eigenvalue weighted by Gasteiger charge is -2.40. The highest BCUT2D eigenvalue weighted by Crippen LogP contribution is 2.35. The topological polar surface area (TPSA) is 47.6 Å². The molecule has 1 saturated heterocycles. The summed E-state index contributed by atoms with van der Waals surface area (Å²) in [7, 11) is 4.55. The largest absolute Gasteiger partial charge is 0.488 e. The van der Waals surface area contributed by atoms with Gasteiger partial charge in [-0.3, -0.25) is 4.79 Å². The predicted octanol–water partition coefficient (Wildman–Crippen LogP) is 5.16. The fourth-order valence-corrected chi connectivity index (χ4v) is 4.74. The van der Waals surface area contributed by atoms with Gasteiger partial charge in [0.15, 0.2) is 0 Å². The fraction of sp³-hybridized carbons (Fsp3) is 0.375. The van der Waals surface area contributed by atoms with E-state index in [0.717, 1.165) is 42.8 Å². The molecule has 2 aromatic carbocycles. The first-order valence-electron chi connectivity index (χ1n) is 10.4. The summed E-state index contributed by atoms with van der Waals surface area (Å²) in [6.07, 6.45) is 3.95. The molecule has 1 N–H and O–H groups in total. The number of hydrogen-bond acceptors (Lipinski definition) is 3. The smallest absolute Gasteiger partial charge is 0.255 e. The van der Waals surface area contributed by atoms with Gasteiger partial charge in [0.2, 0.25) is 0 Å². The van der Waals surface area contributed by atoms with Gasteiger partial charge in [0, 0.05) is 34.7 Å². The van der Waals surface area contributed by atoms with Crippen LogP contribution in [0.15, 0.2) is 42.0 Å². The predicted molar refractivity (Wildman–Crippen MR) is 125 cm³/mol. The summed E-state index contributed by atoms with van der Waals surface area (Å²) in [5, 5.41) is 3.91. The molecule has 0 spiro atoms. The van der Waals surface area contributed by atoms with Crippen molar-refractivity contribution < 1.29 is 18.8 Å². The molecule has 0 bridgehead atoms. The first-order chi connectivity index (χ1) is 14.8. The molecule has 5 nitrogen and oxygen atoms in total. The Balaban J connectivity index is 1.41. The van der Waals surface area contributed by atoms with E-state index in [-0.39, 0.29) is 12.5 Å². The molecule has 7 heteroatoms. The Bertz CT molecular complexity index is 997. The maximum atomic E-state index is 12.7. The van der Waals surface area contributed by atoms with Crippen molar-refractivity contribution in [1.29, 1.82) is 0 Å². The quantitative estimate of drug-likeness (QED) is 0.625. The molecule has 2 aliphatic rings. The van der Waals surface area contributed by atoms with Crippen molar-refractivity contribution in [2.45, 2.75) is 25.4 Å². The van der Waals surface area contributed by atoms with Crippen LogP contribution in [-0.2, 0) is 16.1 Å². The third-order valence-electron chi connectivity index (χ3n) is 6.03. The van der Waals surface area contributed by atoms with Gasteiger partial charge in [-0.25, -0.2) is 0 Å². The van der Waals surface area contributed by atoms with E-state index in [1.807, 2.05) is 12.1 Å². The monoisotopic (exact) mass is 461 g/mol. The second-order valence-electron chi connectivity index (χ2n) is 8.69. The number of carbonyl (C=O) groups is 1. The Morgan fingerprint density at radius 2 is 1.84 bits per heavy atom. The van der Waals surface area contributed by atoms with Gasteiger partial charge in [-0.2, -0.15) is 0 Å². The second kappa shape index (κ2) is 9.21. The number of nitrogens with one attached hydrogen (secondary N) is 1. The van der Waals surface area contributed by atoms with Crippen LogP contribution in [0, 0.1) is 0 Å². The highest BCUT2D eigenvalue weighted by Gasteiger charge is 2.30. The second-order valence-corrected chi connectivity index (χ2v) is 9.53. The molecule has 0 unspecified atom stereocenters. The first-order valence-corrected chi connectivity index (χ1v) is 11.2. The highest BCUT2D eigenvalue weighted by atomic mass is 35.5. The molecule has 2 heterocycles. The molecule has 0 aliphatic carbocycles. The number of benzene rings is 2. The van der Waals surface area contributed by atoms with E-state index < -0.39 is 0 Å². The molecule has 4 rings (SSSR count). The van der Waals surface area contributed by atoms with Crippen LogP contribution in [0.25, 0.3) is 6.08 Å². The third-order valence-corrected chi connectivity index (χ3v) is 6.56. The number of amides is 1. The molecule has 31 heavy (non-hydrogen) atoms. The molecule has 0 radical (unpaired) electrons. The zero-order valence-electron chi connectivity index (χ0n) is 17.8. The van der Waals surface area contributed by atoms with Crippen molar-refractivity contribution in [1.82, 2.24) is 0 Å². The highest BCUT2D eigenvalue weighted by molar-refractivity contribution is 6.36. The summed E-state index contributed by atoms with van der Waals surface area (Å²) >= 11 is 12.3. The maximum Gasteiger partial charge on any atom is 0.255 e. The molecule has 2 aromatic rings. The number of ether oxygens (including phenoxy) is 2. The Kier molecular flexibility index (Phi) is 6.58. The van der Waals surface area contributed by atoms with E-state index in [9.17, 15) is 4.79 Å². The number of quaternary nitrogens is 1. The SMILES string of the molecule is C[N+](C)(Cc1ccc(NC(=O)C2=Cc3c(Cl)cc(Cl)cc3OC2)cc1)C1CCOCC1. The van der Waals surface area contributed by atoms with Crippen molar-refractivity contribution in [3.05, 3.63) is 63.1 Å². The summed E-state index contributed by atoms with van der Waals surface area (Å²) in [4.78, 5) is 12.7. The molecule has 1 fully saturated rings. The zero-order chi connectivity index (χ0) is 22.0. The third kappa shape index (κ3) is 5.24. The number of rotatable bonds is 5. The summed E-state index contributed by atoms with van der Waals surface area (Å²) in [6, 6.07) is 12.0. The van der Waals surface area contributed by atoms with E-state index in [4.69, 9.17) is 32.7 Å². The van der Waals surface area contributed by atoms with Crippen LogP contribution in [0.4, 0.5) is 5.69 Å². The van der Waals surface area contributed by atoms with E-state index in [2.05, 4.69) is 31.5 Å². The molecule has 1 amide bonds. The standard InChI is InChI=1S/C24H26Cl2N2O3/c1-28(2,20-7-9-30-10-8-20)14-16-3-5-19(6-4-16)27-24(29)17-11-21-22(26)12-18(25)13-23(21)31-15-17/h3-6,11-13,20H,7-10,14-15H2,1-2H3/p+1. The lowest BCUT2D eigenvalue weighted by atomic mass is 10.0. The normalized spacial score (nSPS) is 16.8. The van der Waals surface area contributed by atoms with E-state index in [1.54, 1.807) is 18.2 Å². The van der Waals surface area contributed by atoms with Crippen LogP contribution in [0.3, 0.4) is 0 Å². The van der Waals surface area contributed by atoms with Crippen LogP contribution in [0.1, 0.15) is 24.0 Å². The Labute approximate surface area is 193 Å². The van der Waals surface area contributed by atoms with Gasteiger partial charge in [-0.1, -0.05) is 35.3 Å². The Hall–Kier alpha value is -2.05. The average Bonchev–Trinajstić information content (AvgIpc) is 2.75. The molecule has 0 saturated carbocycles. The van der Waals surface area contributed by atoms with Gasteiger partial charge >= 0.3 is 0 Å². The van der Waals surface area contributed by atoms with Crippen molar-refractivity contribution >= 4 is 40.9 Å². The van der Waals surface area contributed by atoms with Gasteiger partial charge in [0.25, 0.3) is 5.91 Å². The van der Waals surface area contributed by atoms with Gasteiger partial charge in [-0.05, 0) is 30.3 Å². The minimum atomic E-state index is -0.206. The van der Waals surface area contributed by atoms with E-state index in [1.165, 1.54) is 5.56 Å². The average molecular weight is 462 g/mol. The van der Waals surface area contributed by atoms with Crippen molar-refractivity contribution in [3.8, 4) is 5.75 Å². The number of fused-ring (bicyclic) bond motifs is 1. The maximum absolute atomic E-state index is 12.7. The molecule has 0 atom stereocenters. The summed E-state index contributed by atoms with van der Waals surface area (Å²) in [5.41, 5.74) is 3.18. The van der Waals surface area contributed by atoms with E-state index >= 15 is 0 Å².